The van der Waals surface area contributed by atoms with Gasteiger partial charge in [-0.15, -0.1) is 0 Å². The average Bonchev–Trinajstić information content (AvgIpc) is 3.14. The maximum atomic E-state index is 12.3. The van der Waals surface area contributed by atoms with Gasteiger partial charge < -0.3 is 9.72 Å². The summed E-state index contributed by atoms with van der Waals surface area (Å²) in [7, 11) is 0. The van der Waals surface area contributed by atoms with Crippen LogP contribution in [0, 0.1) is 0 Å². The van der Waals surface area contributed by atoms with Gasteiger partial charge in [0.05, 0.1) is 0 Å². The summed E-state index contributed by atoms with van der Waals surface area (Å²) in [5, 5.41) is 3.84. The number of ether oxygens (including phenoxy) is 1. The Hall–Kier alpha value is -3.10. The number of carbonyl (C=O) groups is 2. The lowest BCUT2D eigenvalue weighted by Crippen LogP contribution is -2.49. The number of H-pyrrole nitrogens is 1. The van der Waals surface area contributed by atoms with Gasteiger partial charge >= 0.3 is 0 Å². The van der Waals surface area contributed by atoms with Gasteiger partial charge in [0.2, 0.25) is 0 Å². The van der Waals surface area contributed by atoms with Crippen LogP contribution in [0.4, 0.5) is 0 Å². The Balaban J connectivity index is 1.44. The molecule has 0 aliphatic heterocycles. The van der Waals surface area contributed by atoms with Gasteiger partial charge in [-0.2, -0.15) is 0 Å². The normalized spacial score (nSPS) is 10.7. The fraction of sp³-hybridized carbons (Fsp3) is 0.190. The molecule has 9 heteroatoms. The van der Waals surface area contributed by atoms with Crippen molar-refractivity contribution >= 4 is 51.6 Å². The predicted octanol–water partition coefficient (Wildman–Crippen LogP) is 3.66. The van der Waals surface area contributed by atoms with E-state index in [0.29, 0.717) is 22.4 Å². The molecule has 0 unspecified atom stereocenters. The summed E-state index contributed by atoms with van der Waals surface area (Å²) >= 11 is 11.0. The van der Waals surface area contributed by atoms with Crippen LogP contribution in [0.25, 0.3) is 10.9 Å². The molecule has 0 fully saturated rings. The number of aromatic nitrogens is 1. The lowest BCUT2D eigenvalue weighted by Gasteiger charge is -2.11. The number of thiocarbonyl (C=S) groups is 1. The fourth-order valence-corrected chi connectivity index (χ4v) is 3.00. The number of halogens is 1. The van der Waals surface area contributed by atoms with Crippen molar-refractivity contribution in [3.05, 3.63) is 64.8 Å². The van der Waals surface area contributed by atoms with Gasteiger partial charge in [0, 0.05) is 15.9 Å². The van der Waals surface area contributed by atoms with E-state index in [4.69, 9.17) is 28.6 Å². The SMILES string of the molecule is CC(C)c1ccc(OCC(=O)NNC(=S)NC(=O)c2cc3ccc(Cl)cc3[nH]2)cc1. The zero-order valence-corrected chi connectivity index (χ0v) is 18.0. The van der Waals surface area contributed by atoms with Gasteiger partial charge in [-0.05, 0) is 54.0 Å². The maximum absolute atomic E-state index is 12.3. The summed E-state index contributed by atoms with van der Waals surface area (Å²) < 4.78 is 5.43. The third-order valence-electron chi connectivity index (χ3n) is 4.29. The van der Waals surface area contributed by atoms with Gasteiger partial charge in [0.1, 0.15) is 11.4 Å². The fourth-order valence-electron chi connectivity index (χ4n) is 2.68. The number of fused-ring (bicyclic) bond motifs is 1. The third-order valence-corrected chi connectivity index (χ3v) is 4.73. The molecule has 30 heavy (non-hydrogen) atoms. The van der Waals surface area contributed by atoms with E-state index in [1.54, 1.807) is 24.3 Å². The highest BCUT2D eigenvalue weighted by Gasteiger charge is 2.12. The Bertz CT molecular complexity index is 1080. The number of carbonyl (C=O) groups excluding carboxylic acids is 2. The molecule has 7 nitrogen and oxygen atoms in total. The average molecular weight is 445 g/mol. The third kappa shape index (κ3) is 5.71. The van der Waals surface area contributed by atoms with E-state index in [-0.39, 0.29) is 11.7 Å². The number of benzene rings is 2. The number of hydrazine groups is 1. The highest BCUT2D eigenvalue weighted by molar-refractivity contribution is 7.80. The molecule has 0 saturated carbocycles. The van der Waals surface area contributed by atoms with Crippen LogP contribution in [-0.4, -0.2) is 28.5 Å². The van der Waals surface area contributed by atoms with Gasteiger partial charge in [-0.3, -0.25) is 25.8 Å². The minimum atomic E-state index is -0.449. The van der Waals surface area contributed by atoms with Crippen molar-refractivity contribution in [2.75, 3.05) is 6.61 Å². The predicted molar refractivity (Wildman–Crippen MR) is 121 cm³/mol. The summed E-state index contributed by atoms with van der Waals surface area (Å²) in [4.78, 5) is 27.2. The van der Waals surface area contributed by atoms with Crippen molar-refractivity contribution in [2.45, 2.75) is 19.8 Å². The van der Waals surface area contributed by atoms with Crippen LogP contribution < -0.4 is 20.9 Å². The second kappa shape index (κ2) is 9.60. The quantitative estimate of drug-likeness (QED) is 0.356. The van der Waals surface area contributed by atoms with E-state index in [9.17, 15) is 9.59 Å². The largest absolute Gasteiger partial charge is 0.484 e. The zero-order chi connectivity index (χ0) is 21.7. The summed E-state index contributed by atoms with van der Waals surface area (Å²) in [6.07, 6.45) is 0. The van der Waals surface area contributed by atoms with E-state index in [2.05, 4.69) is 35.0 Å². The Kier molecular flexibility index (Phi) is 6.91. The lowest BCUT2D eigenvalue weighted by molar-refractivity contribution is -0.123. The molecule has 0 aliphatic carbocycles. The van der Waals surface area contributed by atoms with Crippen molar-refractivity contribution in [1.29, 1.82) is 0 Å². The molecule has 0 saturated heterocycles. The molecule has 0 aliphatic rings. The van der Waals surface area contributed by atoms with Crippen LogP contribution in [0.5, 0.6) is 5.75 Å². The van der Waals surface area contributed by atoms with Crippen LogP contribution in [0.1, 0.15) is 35.8 Å². The summed E-state index contributed by atoms with van der Waals surface area (Å²) in [6, 6.07) is 14.5. The van der Waals surface area contributed by atoms with E-state index in [0.717, 1.165) is 10.9 Å². The highest BCUT2D eigenvalue weighted by Crippen LogP contribution is 2.20. The first-order valence-electron chi connectivity index (χ1n) is 9.23. The topological polar surface area (TPSA) is 95.2 Å². The molecule has 3 rings (SSSR count). The molecule has 0 atom stereocenters. The van der Waals surface area contributed by atoms with Gasteiger partial charge in [-0.25, -0.2) is 0 Å². The minimum Gasteiger partial charge on any atom is -0.484 e. The van der Waals surface area contributed by atoms with E-state index < -0.39 is 11.8 Å². The van der Waals surface area contributed by atoms with Crippen LogP contribution in [0.3, 0.4) is 0 Å². The first kappa shape index (κ1) is 21.6. The van der Waals surface area contributed by atoms with Crippen molar-refractivity contribution in [3.8, 4) is 5.75 Å². The van der Waals surface area contributed by atoms with Crippen molar-refractivity contribution in [2.24, 2.45) is 0 Å². The second-order valence-corrected chi connectivity index (χ2v) is 7.73. The lowest BCUT2D eigenvalue weighted by atomic mass is 10.0. The molecule has 3 aromatic rings. The van der Waals surface area contributed by atoms with E-state index in [1.807, 2.05) is 24.3 Å². The van der Waals surface area contributed by atoms with Crippen molar-refractivity contribution in [1.82, 2.24) is 21.2 Å². The molecule has 156 valence electrons. The number of hydrogen-bond donors (Lipinski definition) is 4. The Morgan fingerprint density at radius 1 is 1.10 bits per heavy atom. The number of hydrogen-bond acceptors (Lipinski definition) is 4. The first-order valence-corrected chi connectivity index (χ1v) is 10.0. The Morgan fingerprint density at radius 2 is 1.83 bits per heavy atom. The minimum absolute atomic E-state index is 0.0497. The molecule has 2 amide bonds. The van der Waals surface area contributed by atoms with Crippen LogP contribution in [0.2, 0.25) is 5.02 Å². The van der Waals surface area contributed by atoms with Gasteiger partial charge in [0.25, 0.3) is 11.8 Å². The molecule has 4 N–H and O–H groups in total. The van der Waals surface area contributed by atoms with Crippen LogP contribution in [0.15, 0.2) is 48.5 Å². The molecular formula is C21H21ClN4O3S. The summed E-state index contributed by atoms with van der Waals surface area (Å²) in [6.45, 7) is 4.00. The monoisotopic (exact) mass is 444 g/mol. The van der Waals surface area contributed by atoms with E-state index in [1.165, 1.54) is 5.56 Å². The zero-order valence-electron chi connectivity index (χ0n) is 16.4. The standard InChI is InChI=1S/C21H21ClN4O3S/c1-12(2)13-4-7-16(8-5-13)29-11-19(27)25-26-21(30)24-20(28)18-9-14-3-6-15(22)10-17(14)23-18/h3-10,12,23H,11H2,1-2H3,(H,25,27)(H2,24,26,28,30). The van der Waals surface area contributed by atoms with E-state index >= 15 is 0 Å². The number of rotatable bonds is 5. The molecular weight excluding hydrogens is 424 g/mol. The molecule has 1 heterocycles. The van der Waals surface area contributed by atoms with Crippen molar-refractivity contribution < 1.29 is 14.3 Å². The Morgan fingerprint density at radius 3 is 2.53 bits per heavy atom. The van der Waals surface area contributed by atoms with Crippen LogP contribution in [-0.2, 0) is 4.79 Å². The molecule has 0 spiro atoms. The summed E-state index contributed by atoms with van der Waals surface area (Å²) in [5.74, 6) is 0.115. The van der Waals surface area contributed by atoms with Gasteiger partial charge in [0.15, 0.2) is 11.7 Å². The van der Waals surface area contributed by atoms with Crippen LogP contribution >= 0.6 is 23.8 Å². The maximum Gasteiger partial charge on any atom is 0.276 e. The van der Waals surface area contributed by atoms with Gasteiger partial charge in [-0.1, -0.05) is 43.6 Å². The summed E-state index contributed by atoms with van der Waals surface area (Å²) in [5.41, 5.74) is 7.08. The molecule has 0 bridgehead atoms. The Labute approximate surface area is 184 Å². The number of nitrogens with one attached hydrogen (secondary N) is 4. The molecule has 0 radical (unpaired) electrons. The first-order chi connectivity index (χ1) is 14.3. The molecule has 2 aromatic carbocycles. The van der Waals surface area contributed by atoms with Crippen molar-refractivity contribution in [3.63, 3.8) is 0 Å². The number of amides is 2. The second-order valence-electron chi connectivity index (χ2n) is 6.88. The highest BCUT2D eigenvalue weighted by atomic mass is 35.5. The smallest absolute Gasteiger partial charge is 0.276 e. The number of aromatic amines is 1. The molecule has 1 aromatic heterocycles.